The van der Waals surface area contributed by atoms with Crippen LogP contribution in [0.4, 0.5) is 10.1 Å². The summed E-state index contributed by atoms with van der Waals surface area (Å²) in [6, 6.07) is 7.95. The smallest absolute Gasteiger partial charge is 0.139 e. The van der Waals surface area contributed by atoms with Crippen molar-refractivity contribution in [2.45, 2.75) is 13.5 Å². The van der Waals surface area contributed by atoms with E-state index in [-0.39, 0.29) is 11.6 Å². The fraction of sp³-hybridized carbons (Fsp3) is 0.143. The van der Waals surface area contributed by atoms with Crippen LogP contribution in [0.15, 0.2) is 34.8 Å². The van der Waals surface area contributed by atoms with Crippen LogP contribution in [0.1, 0.15) is 11.1 Å². The third kappa shape index (κ3) is 3.39. The quantitative estimate of drug-likeness (QED) is 0.833. The average Bonchev–Trinajstić information content (AvgIpc) is 2.36. The number of anilines is 1. The van der Waals surface area contributed by atoms with E-state index in [1.807, 2.05) is 6.92 Å². The number of phenolic OH excluding ortho intramolecular Hbond substituents is 1. The molecule has 5 heteroatoms. The summed E-state index contributed by atoms with van der Waals surface area (Å²) < 4.78 is 13.9. The molecule has 0 bridgehead atoms. The minimum atomic E-state index is -0.330. The average molecular weight is 345 g/mol. The number of aromatic hydroxyl groups is 1. The first kappa shape index (κ1) is 14.2. The number of rotatable bonds is 3. The van der Waals surface area contributed by atoms with E-state index in [9.17, 15) is 9.50 Å². The summed E-state index contributed by atoms with van der Waals surface area (Å²) in [5, 5.41) is 13.3. The fourth-order valence-corrected chi connectivity index (χ4v) is 2.38. The Morgan fingerprint density at radius 3 is 2.79 bits per heavy atom. The van der Waals surface area contributed by atoms with Crippen LogP contribution in [0, 0.1) is 12.7 Å². The standard InChI is InChI=1S/C14H12BrClFNO/c1-8-4-11(15)12(17)6-13(8)18-7-9-5-10(16)2-3-14(9)19/h2-6,18-19H,7H2,1H3. The highest BCUT2D eigenvalue weighted by Crippen LogP contribution is 2.26. The highest BCUT2D eigenvalue weighted by molar-refractivity contribution is 9.10. The summed E-state index contributed by atoms with van der Waals surface area (Å²) >= 11 is 9.01. The maximum atomic E-state index is 13.5. The van der Waals surface area contributed by atoms with Gasteiger partial charge in [-0.15, -0.1) is 0 Å². The Hall–Kier alpha value is -1.26. The van der Waals surface area contributed by atoms with Gasteiger partial charge in [0.25, 0.3) is 0 Å². The van der Waals surface area contributed by atoms with Crippen molar-refractivity contribution < 1.29 is 9.50 Å². The van der Waals surface area contributed by atoms with Gasteiger partial charge in [0.05, 0.1) is 4.47 Å². The molecular formula is C14H12BrClFNO. The van der Waals surface area contributed by atoms with Crippen molar-refractivity contribution in [3.8, 4) is 5.75 Å². The van der Waals surface area contributed by atoms with Crippen molar-refractivity contribution in [1.29, 1.82) is 0 Å². The van der Waals surface area contributed by atoms with E-state index in [0.29, 0.717) is 27.3 Å². The molecule has 0 aliphatic rings. The Labute approximate surface area is 124 Å². The maximum Gasteiger partial charge on any atom is 0.139 e. The second kappa shape index (κ2) is 5.80. The van der Waals surface area contributed by atoms with Crippen LogP contribution in [-0.2, 0) is 6.54 Å². The van der Waals surface area contributed by atoms with Gasteiger partial charge in [0.15, 0.2) is 0 Å². The zero-order valence-electron chi connectivity index (χ0n) is 10.2. The van der Waals surface area contributed by atoms with Crippen molar-refractivity contribution in [2.24, 2.45) is 0 Å². The Morgan fingerprint density at radius 1 is 1.32 bits per heavy atom. The molecule has 0 saturated heterocycles. The molecule has 0 fully saturated rings. The SMILES string of the molecule is Cc1cc(Br)c(F)cc1NCc1cc(Cl)ccc1O. The lowest BCUT2D eigenvalue weighted by atomic mass is 10.1. The lowest BCUT2D eigenvalue weighted by molar-refractivity contribution is 0.469. The second-order valence-electron chi connectivity index (χ2n) is 4.21. The molecule has 0 heterocycles. The molecule has 2 nitrogen and oxygen atoms in total. The number of hydrogen-bond donors (Lipinski definition) is 2. The first-order valence-electron chi connectivity index (χ1n) is 5.64. The normalized spacial score (nSPS) is 10.5. The first-order valence-corrected chi connectivity index (χ1v) is 6.81. The van der Waals surface area contributed by atoms with Crippen molar-refractivity contribution in [1.82, 2.24) is 0 Å². The van der Waals surface area contributed by atoms with Gasteiger partial charge in [-0.25, -0.2) is 4.39 Å². The van der Waals surface area contributed by atoms with Gasteiger partial charge in [-0.05, 0) is 58.7 Å². The number of halogens is 3. The van der Waals surface area contributed by atoms with Crippen molar-refractivity contribution in [3.63, 3.8) is 0 Å². The van der Waals surface area contributed by atoms with Gasteiger partial charge in [0, 0.05) is 22.8 Å². The van der Waals surface area contributed by atoms with Crippen molar-refractivity contribution in [3.05, 3.63) is 56.8 Å². The molecule has 2 N–H and O–H groups in total. The van der Waals surface area contributed by atoms with Crippen molar-refractivity contribution >= 4 is 33.2 Å². The lowest BCUT2D eigenvalue weighted by Gasteiger charge is -2.12. The maximum absolute atomic E-state index is 13.5. The van der Waals surface area contributed by atoms with E-state index in [2.05, 4.69) is 21.2 Å². The Balaban J connectivity index is 2.19. The molecule has 0 unspecified atom stereocenters. The van der Waals surface area contributed by atoms with Gasteiger partial charge in [-0.2, -0.15) is 0 Å². The summed E-state index contributed by atoms with van der Waals surface area (Å²) in [5.74, 6) is -0.171. The van der Waals surface area contributed by atoms with Crippen LogP contribution < -0.4 is 5.32 Å². The van der Waals surface area contributed by atoms with Gasteiger partial charge < -0.3 is 10.4 Å². The summed E-state index contributed by atoms with van der Waals surface area (Å²) in [6.07, 6.45) is 0. The molecule has 0 aliphatic carbocycles. The molecular weight excluding hydrogens is 333 g/mol. The van der Waals surface area contributed by atoms with Gasteiger partial charge in [-0.1, -0.05) is 11.6 Å². The molecule has 2 aromatic carbocycles. The summed E-state index contributed by atoms with van der Waals surface area (Å²) in [4.78, 5) is 0. The van der Waals surface area contributed by atoms with E-state index in [4.69, 9.17) is 11.6 Å². The number of phenols is 1. The topological polar surface area (TPSA) is 32.3 Å². The summed E-state index contributed by atoms with van der Waals surface area (Å²) in [5.41, 5.74) is 2.25. The predicted molar refractivity (Wildman–Crippen MR) is 79.3 cm³/mol. The summed E-state index contributed by atoms with van der Waals surface area (Å²) in [7, 11) is 0. The molecule has 19 heavy (non-hydrogen) atoms. The molecule has 2 aromatic rings. The molecule has 100 valence electrons. The van der Waals surface area contributed by atoms with Crippen LogP contribution in [-0.4, -0.2) is 5.11 Å². The zero-order valence-corrected chi connectivity index (χ0v) is 12.5. The third-order valence-electron chi connectivity index (χ3n) is 2.78. The Morgan fingerprint density at radius 2 is 2.05 bits per heavy atom. The van der Waals surface area contributed by atoms with Gasteiger partial charge in [0.2, 0.25) is 0 Å². The number of benzene rings is 2. The highest BCUT2D eigenvalue weighted by Gasteiger charge is 2.07. The van der Waals surface area contributed by atoms with Crippen molar-refractivity contribution in [2.75, 3.05) is 5.32 Å². The number of hydrogen-bond acceptors (Lipinski definition) is 2. The van der Waals surface area contributed by atoms with Gasteiger partial charge in [-0.3, -0.25) is 0 Å². The number of aryl methyl sites for hydroxylation is 1. The Kier molecular flexibility index (Phi) is 4.32. The third-order valence-corrected chi connectivity index (χ3v) is 3.62. The largest absolute Gasteiger partial charge is 0.508 e. The molecule has 0 atom stereocenters. The zero-order chi connectivity index (χ0) is 14.0. The van der Waals surface area contributed by atoms with E-state index >= 15 is 0 Å². The monoisotopic (exact) mass is 343 g/mol. The van der Waals surface area contributed by atoms with Gasteiger partial charge in [0.1, 0.15) is 11.6 Å². The fourth-order valence-electron chi connectivity index (χ4n) is 1.72. The lowest BCUT2D eigenvalue weighted by Crippen LogP contribution is -2.02. The first-order chi connectivity index (χ1) is 8.97. The molecule has 0 saturated carbocycles. The second-order valence-corrected chi connectivity index (χ2v) is 5.50. The van der Waals surface area contributed by atoms with E-state index < -0.39 is 0 Å². The molecule has 2 rings (SSSR count). The molecule has 0 aromatic heterocycles. The van der Waals surface area contributed by atoms with E-state index in [1.165, 1.54) is 12.1 Å². The minimum absolute atomic E-state index is 0.159. The van der Waals surface area contributed by atoms with Crippen LogP contribution in [0.25, 0.3) is 0 Å². The van der Waals surface area contributed by atoms with Crippen LogP contribution in [0.5, 0.6) is 5.75 Å². The van der Waals surface area contributed by atoms with Crippen LogP contribution in [0.2, 0.25) is 5.02 Å². The van der Waals surface area contributed by atoms with Gasteiger partial charge >= 0.3 is 0 Å². The van der Waals surface area contributed by atoms with Crippen LogP contribution >= 0.6 is 27.5 Å². The predicted octanol–water partition coefficient (Wildman–Crippen LogP) is 4.87. The minimum Gasteiger partial charge on any atom is -0.508 e. The molecule has 0 radical (unpaired) electrons. The van der Waals surface area contributed by atoms with Crippen LogP contribution in [0.3, 0.4) is 0 Å². The summed E-state index contributed by atoms with van der Waals surface area (Å²) in [6.45, 7) is 2.25. The molecule has 0 aliphatic heterocycles. The Bertz CT molecular complexity index is 619. The highest BCUT2D eigenvalue weighted by atomic mass is 79.9. The van der Waals surface area contributed by atoms with E-state index in [1.54, 1.807) is 18.2 Å². The molecule has 0 amide bonds. The number of nitrogens with one attached hydrogen (secondary N) is 1. The molecule has 0 spiro atoms. The van der Waals surface area contributed by atoms with E-state index in [0.717, 1.165) is 5.56 Å².